The van der Waals surface area contributed by atoms with E-state index in [2.05, 4.69) is 38.1 Å². The van der Waals surface area contributed by atoms with E-state index >= 15 is 0 Å². The van der Waals surface area contributed by atoms with E-state index in [0.29, 0.717) is 24.0 Å². The smallest absolute Gasteiger partial charge is 0.869 e. The standard InChI is InChI=1S/C24H32N2.2C11H14O4.Ni/c1-3-5-7-14-20-24(26-22-17-12-9-13-18-22)23(19-6-4-2)25-21-15-10-8-11-16-21;2*1-2-3-4-7-5-6-8(12)10(13)9(7)11(14)15;/h8-13,15-18H,3-7,14,19-20H2,1-2H3;2*5-6,12-13H,2-4H2,1H3,(H,14,15);/q;;;+2/p-2. The van der Waals surface area contributed by atoms with Gasteiger partial charge in [-0.3, -0.25) is 9.98 Å². The first-order valence-corrected chi connectivity index (χ1v) is 19.7. The van der Waals surface area contributed by atoms with Crippen molar-refractivity contribution in [1.82, 2.24) is 0 Å². The monoisotopic (exact) mass is 824 g/mol. The minimum Gasteiger partial charge on any atom is -0.869 e. The van der Waals surface area contributed by atoms with Gasteiger partial charge in [0.05, 0.1) is 33.9 Å². The summed E-state index contributed by atoms with van der Waals surface area (Å²) < 4.78 is 0. The number of phenols is 2. The van der Waals surface area contributed by atoms with Crippen LogP contribution >= 0.6 is 0 Å². The molecule has 0 bridgehead atoms. The second-order valence-corrected chi connectivity index (χ2v) is 13.4. The minimum atomic E-state index is -1.28. The molecule has 0 unspecified atom stereocenters. The Balaban J connectivity index is 0.000000452. The van der Waals surface area contributed by atoms with Gasteiger partial charge in [-0.2, -0.15) is 0 Å². The second kappa shape index (κ2) is 28.3. The van der Waals surface area contributed by atoms with Crippen molar-refractivity contribution in [3.05, 3.63) is 107 Å². The van der Waals surface area contributed by atoms with E-state index < -0.39 is 34.9 Å². The number of aliphatic imine (C=N–C) groups is 2. The Bertz CT molecular complexity index is 1770. The van der Waals surface area contributed by atoms with Crippen molar-refractivity contribution in [2.75, 3.05) is 0 Å². The quantitative estimate of drug-likeness (QED) is 0.0408. The van der Waals surface area contributed by atoms with Crippen LogP contribution in [0.15, 0.2) is 94.9 Å². The van der Waals surface area contributed by atoms with Crippen LogP contribution in [0.4, 0.5) is 11.4 Å². The summed E-state index contributed by atoms with van der Waals surface area (Å²) in [6.07, 6.45) is 13.9. The van der Waals surface area contributed by atoms with Gasteiger partial charge in [-0.05, 0) is 98.9 Å². The van der Waals surface area contributed by atoms with Crippen molar-refractivity contribution >= 4 is 34.7 Å². The van der Waals surface area contributed by atoms with Crippen molar-refractivity contribution in [2.45, 2.75) is 118 Å². The third kappa shape index (κ3) is 17.7. The van der Waals surface area contributed by atoms with Crippen LogP contribution in [0.1, 0.15) is 137 Å². The van der Waals surface area contributed by atoms with Gasteiger partial charge in [-0.25, -0.2) is 9.59 Å². The number of rotatable bonds is 19. The van der Waals surface area contributed by atoms with Crippen LogP contribution in [0.2, 0.25) is 0 Å². The summed E-state index contributed by atoms with van der Waals surface area (Å²) in [5.41, 5.74) is 4.73. The molecule has 4 aromatic rings. The van der Waals surface area contributed by atoms with Gasteiger partial charge in [0.1, 0.15) is 11.5 Å². The van der Waals surface area contributed by atoms with Gasteiger partial charge in [0, 0.05) is 0 Å². The van der Waals surface area contributed by atoms with Crippen LogP contribution in [0, 0.1) is 0 Å². The third-order valence-corrected chi connectivity index (χ3v) is 8.88. The van der Waals surface area contributed by atoms with Crippen LogP contribution in [0.5, 0.6) is 23.0 Å². The first-order chi connectivity index (χ1) is 27.0. The molecule has 4 N–H and O–H groups in total. The zero-order chi connectivity index (χ0) is 41.3. The van der Waals surface area contributed by atoms with Crippen molar-refractivity contribution in [1.29, 1.82) is 0 Å². The van der Waals surface area contributed by atoms with Crippen LogP contribution in [0.25, 0.3) is 0 Å². The Hall–Kier alpha value is -5.15. The van der Waals surface area contributed by atoms with E-state index in [4.69, 9.17) is 30.4 Å². The molecule has 0 radical (unpaired) electrons. The number of carboxylic acid groups (broad SMARTS) is 2. The van der Waals surface area contributed by atoms with E-state index in [0.717, 1.165) is 67.7 Å². The molecule has 0 aliphatic heterocycles. The molecule has 0 atom stereocenters. The predicted molar refractivity (Wildman–Crippen MR) is 222 cm³/mol. The Kier molecular flexibility index (Phi) is 24.7. The summed E-state index contributed by atoms with van der Waals surface area (Å²) in [4.78, 5) is 31.7. The van der Waals surface area contributed by atoms with Crippen molar-refractivity contribution < 1.29 is 56.7 Å². The molecule has 0 spiro atoms. The third-order valence-electron chi connectivity index (χ3n) is 8.88. The number of aromatic carboxylic acids is 2. The van der Waals surface area contributed by atoms with E-state index in [1.54, 1.807) is 0 Å². The first kappa shape index (κ1) is 49.9. The maximum Gasteiger partial charge on any atom is 2.00 e. The maximum absolute atomic E-state index is 11.4. The summed E-state index contributed by atoms with van der Waals surface area (Å²) in [6.45, 7) is 8.45. The van der Waals surface area contributed by atoms with Gasteiger partial charge >= 0.3 is 28.4 Å². The molecule has 4 aromatic carbocycles. The summed E-state index contributed by atoms with van der Waals surface area (Å²) in [6, 6.07) is 26.1. The SMILES string of the molecule is CCCCCCC(=Nc1ccccc1)C(CCCC)=Nc1ccccc1.CCCCc1ccc(O)c([O-])c1C(=O)O.CCCCc1ccc(O)c([O-])c1C(=O)O.[Ni+2]. The number of para-hydroxylation sites is 2. The topological polar surface area (TPSA) is 186 Å². The molecule has 11 heteroatoms. The van der Waals surface area contributed by atoms with Crippen LogP contribution in [-0.2, 0) is 29.3 Å². The number of unbranched alkanes of at least 4 members (excludes halogenated alkanes) is 6. The van der Waals surface area contributed by atoms with Crippen LogP contribution in [0.3, 0.4) is 0 Å². The first-order valence-electron chi connectivity index (χ1n) is 19.7. The number of carbonyl (C=O) groups is 2. The molecule has 0 amide bonds. The molecule has 0 saturated carbocycles. The van der Waals surface area contributed by atoms with Gasteiger partial charge in [-0.15, -0.1) is 0 Å². The Morgan fingerprint density at radius 3 is 1.23 bits per heavy atom. The number of aryl methyl sites for hydroxylation is 2. The Labute approximate surface area is 348 Å². The average Bonchev–Trinajstić information content (AvgIpc) is 3.19. The van der Waals surface area contributed by atoms with Gasteiger partial charge in [0.25, 0.3) is 0 Å². The van der Waals surface area contributed by atoms with E-state index in [1.165, 1.54) is 56.4 Å². The fourth-order valence-corrected chi connectivity index (χ4v) is 5.75. The largest absolute Gasteiger partial charge is 2.00 e. The second-order valence-electron chi connectivity index (χ2n) is 13.4. The molecular formula is C46H58N2NiO8. The molecule has 0 aromatic heterocycles. The molecule has 0 saturated heterocycles. The molecule has 57 heavy (non-hydrogen) atoms. The van der Waals surface area contributed by atoms with Gasteiger partial charge in [0.15, 0.2) is 0 Å². The average molecular weight is 826 g/mol. The van der Waals surface area contributed by atoms with E-state index in [1.807, 2.05) is 50.2 Å². The van der Waals surface area contributed by atoms with Crippen molar-refractivity contribution in [2.24, 2.45) is 9.98 Å². The van der Waals surface area contributed by atoms with Gasteiger partial charge in [-0.1, -0.05) is 126 Å². The number of benzene rings is 4. The fourth-order valence-electron chi connectivity index (χ4n) is 5.75. The number of aromatic hydroxyl groups is 2. The number of carboxylic acids is 2. The molecule has 0 heterocycles. The van der Waals surface area contributed by atoms with E-state index in [9.17, 15) is 19.8 Å². The molecule has 0 fully saturated rings. The number of phenolic OH excluding ortho intramolecular Hbond substituents is 2. The zero-order valence-electron chi connectivity index (χ0n) is 33.6. The van der Waals surface area contributed by atoms with Crippen molar-refractivity contribution in [3.63, 3.8) is 0 Å². The molecular weight excluding hydrogens is 767 g/mol. The predicted octanol–water partition coefficient (Wildman–Crippen LogP) is 10.7. The summed E-state index contributed by atoms with van der Waals surface area (Å²) >= 11 is 0. The fraction of sp³-hybridized carbons (Fsp3) is 0.391. The molecule has 4 rings (SSSR count). The Morgan fingerprint density at radius 1 is 0.509 bits per heavy atom. The van der Waals surface area contributed by atoms with Gasteiger partial charge in [0.2, 0.25) is 0 Å². The Morgan fingerprint density at radius 2 is 0.877 bits per heavy atom. The van der Waals surface area contributed by atoms with E-state index in [-0.39, 0.29) is 27.6 Å². The molecule has 10 nitrogen and oxygen atoms in total. The van der Waals surface area contributed by atoms with Gasteiger partial charge < -0.3 is 30.6 Å². The number of nitrogens with zero attached hydrogens (tertiary/aromatic N) is 2. The zero-order valence-corrected chi connectivity index (χ0v) is 34.6. The minimum absolute atomic E-state index is 0. The normalized spacial score (nSPS) is 11.0. The number of hydrogen-bond donors (Lipinski definition) is 4. The maximum atomic E-state index is 11.4. The summed E-state index contributed by atoms with van der Waals surface area (Å²) in [7, 11) is 0. The van der Waals surface area contributed by atoms with Crippen molar-refractivity contribution in [3.8, 4) is 23.0 Å². The van der Waals surface area contributed by atoms with Crippen LogP contribution < -0.4 is 10.2 Å². The summed E-state index contributed by atoms with van der Waals surface area (Å²) in [5.74, 6) is -5.16. The van der Waals surface area contributed by atoms with Crippen LogP contribution in [-0.4, -0.2) is 43.8 Å². The number of hydrogen-bond acceptors (Lipinski definition) is 8. The molecule has 310 valence electrons. The summed E-state index contributed by atoms with van der Waals surface area (Å²) in [5, 5.41) is 58.7. The molecule has 0 aliphatic carbocycles. The molecule has 0 aliphatic rings.